The highest BCUT2D eigenvalue weighted by atomic mass is 16.5. The molecular formula is C36H45N5O7. The molecule has 0 aliphatic carbocycles. The number of hydrogen-bond acceptors (Lipinski definition) is 7. The molecule has 0 saturated carbocycles. The predicted octanol–water partition coefficient (Wildman–Crippen LogP) is 4.00. The maximum atomic E-state index is 12.9. The zero-order chi connectivity index (χ0) is 34.8. The number of aryl methyl sites for hydroxylation is 2. The topological polar surface area (TPSA) is 149 Å². The number of ether oxygens (including phenoxy) is 1. The van der Waals surface area contributed by atoms with Gasteiger partial charge in [-0.1, -0.05) is 74.5 Å². The lowest BCUT2D eigenvalue weighted by atomic mass is 10.00. The molecular weight excluding hydrogens is 614 g/mol. The maximum Gasteiger partial charge on any atom is 0.332 e. The molecule has 2 N–H and O–H groups in total. The molecule has 12 heteroatoms. The third-order valence-corrected chi connectivity index (χ3v) is 8.31. The molecule has 0 amide bonds. The standard InChI is InChI=1S/C32H41N5O3.C4H4O4/c1-23(2)22-37-30-28(31(38)35(4)32(37)39)34(3)27(33-30)16-11-19-36-20-17-26(18-21-36)40-29(24-12-7-5-8-13-24)25-14-9-6-10-15-25;5-3(6)1-2-4(7)8/h5-10,12-15,23,26,29H,11,16-22H2,1-4H3;1-2H,(H,5,6)(H,7,8)/b;2-1+. The van der Waals surface area contributed by atoms with Gasteiger partial charge >= 0.3 is 17.6 Å². The molecule has 1 aliphatic heterocycles. The molecule has 5 rings (SSSR count). The van der Waals surface area contributed by atoms with Gasteiger partial charge < -0.3 is 24.4 Å². The second kappa shape index (κ2) is 16.8. The summed E-state index contributed by atoms with van der Waals surface area (Å²) < 4.78 is 11.4. The lowest BCUT2D eigenvalue weighted by Crippen LogP contribution is -2.39. The van der Waals surface area contributed by atoms with E-state index in [0.717, 1.165) is 51.1 Å². The lowest BCUT2D eigenvalue weighted by Gasteiger charge is -2.34. The summed E-state index contributed by atoms with van der Waals surface area (Å²) in [5.74, 6) is -1.40. The number of aromatic nitrogens is 4. The number of hydrogen-bond donors (Lipinski definition) is 2. The van der Waals surface area contributed by atoms with E-state index in [1.807, 2.05) is 23.7 Å². The smallest absolute Gasteiger partial charge is 0.332 e. The Hall–Kier alpha value is -4.81. The highest BCUT2D eigenvalue weighted by Gasteiger charge is 2.25. The molecule has 2 aromatic heterocycles. The molecule has 12 nitrogen and oxygen atoms in total. The van der Waals surface area contributed by atoms with Gasteiger partial charge in [0.05, 0.1) is 6.10 Å². The molecule has 256 valence electrons. The Morgan fingerprint density at radius 1 is 0.896 bits per heavy atom. The normalized spacial score (nSPS) is 14.1. The van der Waals surface area contributed by atoms with Gasteiger partial charge in [-0.2, -0.15) is 0 Å². The summed E-state index contributed by atoms with van der Waals surface area (Å²) in [4.78, 5) is 52.1. The SMILES string of the molecule is CC(C)Cn1c(=O)n(C)c(=O)c2c1nc(CCCN1CCC(OC(c3ccccc3)c3ccccc3)CC1)n2C.O=C(O)/C=C/C(=O)O. The van der Waals surface area contributed by atoms with Crippen molar-refractivity contribution in [3.05, 3.63) is 111 Å². The summed E-state index contributed by atoms with van der Waals surface area (Å²) in [6.45, 7) is 7.62. The zero-order valence-electron chi connectivity index (χ0n) is 28.0. The van der Waals surface area contributed by atoms with E-state index in [2.05, 4.69) is 67.3 Å². The van der Waals surface area contributed by atoms with Crippen LogP contribution in [0.3, 0.4) is 0 Å². The van der Waals surface area contributed by atoms with Crippen LogP contribution in [0.4, 0.5) is 0 Å². The van der Waals surface area contributed by atoms with Crippen LogP contribution in [-0.2, 0) is 41.4 Å². The minimum absolute atomic E-state index is 0.0581. The van der Waals surface area contributed by atoms with Crippen molar-refractivity contribution in [1.82, 2.24) is 23.6 Å². The van der Waals surface area contributed by atoms with Gasteiger partial charge in [-0.3, -0.25) is 13.9 Å². The quantitative estimate of drug-likeness (QED) is 0.215. The highest BCUT2D eigenvalue weighted by Crippen LogP contribution is 2.30. The molecule has 1 fully saturated rings. The molecule has 1 saturated heterocycles. The number of piperidine rings is 1. The number of likely N-dealkylation sites (tertiary alicyclic amines) is 1. The predicted molar refractivity (Wildman–Crippen MR) is 183 cm³/mol. The number of fused-ring (bicyclic) bond motifs is 1. The molecule has 0 atom stereocenters. The summed E-state index contributed by atoms with van der Waals surface area (Å²) in [5.41, 5.74) is 2.79. The van der Waals surface area contributed by atoms with E-state index in [4.69, 9.17) is 19.9 Å². The van der Waals surface area contributed by atoms with E-state index in [9.17, 15) is 19.2 Å². The highest BCUT2D eigenvalue weighted by molar-refractivity contribution is 5.89. The Kier molecular flexibility index (Phi) is 12.6. The lowest BCUT2D eigenvalue weighted by molar-refractivity contribution is -0.134. The van der Waals surface area contributed by atoms with Crippen LogP contribution in [0.5, 0.6) is 0 Å². The van der Waals surface area contributed by atoms with E-state index >= 15 is 0 Å². The van der Waals surface area contributed by atoms with Gasteiger partial charge in [0.2, 0.25) is 0 Å². The van der Waals surface area contributed by atoms with Gasteiger partial charge in [0.25, 0.3) is 5.56 Å². The third kappa shape index (κ3) is 9.39. The van der Waals surface area contributed by atoms with Gasteiger partial charge in [-0.25, -0.2) is 19.4 Å². The molecule has 0 bridgehead atoms. The van der Waals surface area contributed by atoms with Crippen molar-refractivity contribution in [3.63, 3.8) is 0 Å². The van der Waals surface area contributed by atoms with Crippen LogP contribution in [0.25, 0.3) is 11.2 Å². The Bertz CT molecular complexity index is 1760. The fourth-order valence-corrected chi connectivity index (χ4v) is 5.90. The van der Waals surface area contributed by atoms with E-state index in [-0.39, 0.29) is 29.4 Å². The Morgan fingerprint density at radius 2 is 1.44 bits per heavy atom. The van der Waals surface area contributed by atoms with Crippen molar-refractivity contribution in [2.45, 2.75) is 58.3 Å². The Labute approximate surface area is 279 Å². The fraction of sp³-hybridized carbons (Fsp3) is 0.417. The average molecular weight is 660 g/mol. The molecule has 0 radical (unpaired) electrons. The van der Waals surface area contributed by atoms with Crippen LogP contribution in [0.15, 0.2) is 82.4 Å². The van der Waals surface area contributed by atoms with Crippen molar-refractivity contribution in [3.8, 4) is 0 Å². The van der Waals surface area contributed by atoms with Crippen LogP contribution < -0.4 is 11.2 Å². The van der Waals surface area contributed by atoms with Crippen LogP contribution in [0, 0.1) is 5.92 Å². The molecule has 2 aromatic carbocycles. The van der Waals surface area contributed by atoms with Crippen molar-refractivity contribution >= 4 is 23.1 Å². The monoisotopic (exact) mass is 659 g/mol. The summed E-state index contributed by atoms with van der Waals surface area (Å²) in [5, 5.41) is 15.6. The van der Waals surface area contributed by atoms with Crippen molar-refractivity contribution in [2.75, 3.05) is 19.6 Å². The summed E-state index contributed by atoms with van der Waals surface area (Å²) in [6.07, 6.45) is 4.97. The van der Waals surface area contributed by atoms with E-state index < -0.39 is 11.9 Å². The summed E-state index contributed by atoms with van der Waals surface area (Å²) >= 11 is 0. The first-order chi connectivity index (χ1) is 23.0. The van der Waals surface area contributed by atoms with Crippen LogP contribution in [0.2, 0.25) is 0 Å². The number of aliphatic carboxylic acids is 2. The van der Waals surface area contributed by atoms with Gasteiger partial charge in [0, 0.05) is 52.3 Å². The molecule has 1 aliphatic rings. The fourth-order valence-electron chi connectivity index (χ4n) is 5.90. The van der Waals surface area contributed by atoms with Crippen LogP contribution in [-0.4, -0.2) is 71.5 Å². The summed E-state index contributed by atoms with van der Waals surface area (Å²) in [6, 6.07) is 21.0. The van der Waals surface area contributed by atoms with E-state index in [1.165, 1.54) is 15.7 Å². The number of imidazole rings is 1. The van der Waals surface area contributed by atoms with Crippen LogP contribution in [0.1, 0.15) is 56.2 Å². The zero-order valence-corrected chi connectivity index (χ0v) is 28.0. The number of carboxylic acids is 2. The second-order valence-electron chi connectivity index (χ2n) is 12.4. The first-order valence-electron chi connectivity index (χ1n) is 16.2. The molecule has 4 aromatic rings. The second-order valence-corrected chi connectivity index (χ2v) is 12.4. The average Bonchev–Trinajstić information content (AvgIpc) is 3.40. The molecule has 0 unspecified atom stereocenters. The minimum Gasteiger partial charge on any atom is -0.478 e. The van der Waals surface area contributed by atoms with Gasteiger partial charge in [0.1, 0.15) is 11.9 Å². The van der Waals surface area contributed by atoms with E-state index in [0.29, 0.717) is 29.9 Å². The van der Waals surface area contributed by atoms with Crippen molar-refractivity contribution in [2.24, 2.45) is 20.0 Å². The van der Waals surface area contributed by atoms with Crippen LogP contribution >= 0.6 is 0 Å². The Balaban J connectivity index is 0.000000579. The van der Waals surface area contributed by atoms with Gasteiger partial charge in [-0.05, 0) is 42.9 Å². The molecule has 3 heterocycles. The van der Waals surface area contributed by atoms with E-state index in [1.54, 1.807) is 11.6 Å². The Morgan fingerprint density at radius 3 is 1.94 bits per heavy atom. The number of carbonyl (C=O) groups is 2. The number of carboxylic acid groups (broad SMARTS) is 2. The number of benzene rings is 2. The maximum absolute atomic E-state index is 12.9. The first kappa shape index (κ1) is 36.0. The molecule has 0 spiro atoms. The number of rotatable bonds is 12. The van der Waals surface area contributed by atoms with Gasteiger partial charge in [-0.15, -0.1) is 0 Å². The van der Waals surface area contributed by atoms with Crippen molar-refractivity contribution in [1.29, 1.82) is 0 Å². The van der Waals surface area contributed by atoms with Gasteiger partial charge in [0.15, 0.2) is 11.2 Å². The summed E-state index contributed by atoms with van der Waals surface area (Å²) in [7, 11) is 3.43. The minimum atomic E-state index is -1.26. The largest absolute Gasteiger partial charge is 0.478 e. The first-order valence-corrected chi connectivity index (χ1v) is 16.2. The van der Waals surface area contributed by atoms with Crippen molar-refractivity contribution < 1.29 is 24.5 Å². The number of nitrogens with zero attached hydrogens (tertiary/aromatic N) is 5. The molecule has 48 heavy (non-hydrogen) atoms. The third-order valence-electron chi connectivity index (χ3n) is 8.31.